The van der Waals surface area contributed by atoms with Crippen LogP contribution in [0.1, 0.15) is 37.3 Å². The largest absolute Gasteiger partial charge is 0.341 e. The van der Waals surface area contributed by atoms with E-state index in [0.29, 0.717) is 18.4 Å². The zero-order valence-corrected chi connectivity index (χ0v) is 15.0. The summed E-state index contributed by atoms with van der Waals surface area (Å²) in [5.74, 6) is 0.318. The lowest BCUT2D eigenvalue weighted by Crippen LogP contribution is -2.37. The fourth-order valence-electron chi connectivity index (χ4n) is 4.06. The highest BCUT2D eigenvalue weighted by molar-refractivity contribution is 5.76. The standard InChI is InChI=1S/C20H31N3O/c1-2-22(19-15-17-7-3-4-8-18(17)16-19)12-5-6-13-23-14-11-21-10-9-20(23)24/h3-4,7-8,19,21H,2,5-6,9-16H2,1H3. The smallest absolute Gasteiger partial charge is 0.223 e. The van der Waals surface area contributed by atoms with E-state index in [1.807, 2.05) is 4.90 Å². The highest BCUT2D eigenvalue weighted by Gasteiger charge is 2.25. The third-order valence-corrected chi connectivity index (χ3v) is 5.50. The number of unbranched alkanes of at least 4 members (excludes halogenated alkanes) is 1. The van der Waals surface area contributed by atoms with Crippen molar-refractivity contribution in [3.63, 3.8) is 0 Å². The lowest BCUT2D eigenvalue weighted by atomic mass is 10.1. The van der Waals surface area contributed by atoms with E-state index in [1.165, 1.54) is 30.4 Å². The quantitative estimate of drug-likeness (QED) is 0.778. The van der Waals surface area contributed by atoms with E-state index in [4.69, 9.17) is 0 Å². The summed E-state index contributed by atoms with van der Waals surface area (Å²) in [4.78, 5) is 16.7. The summed E-state index contributed by atoms with van der Waals surface area (Å²) in [5, 5.41) is 3.30. The summed E-state index contributed by atoms with van der Waals surface area (Å²) in [6.45, 7) is 8.10. The van der Waals surface area contributed by atoms with Gasteiger partial charge in [-0.1, -0.05) is 31.2 Å². The molecule has 0 radical (unpaired) electrons. The number of benzene rings is 1. The third-order valence-electron chi connectivity index (χ3n) is 5.50. The number of fused-ring (bicyclic) bond motifs is 1. The Morgan fingerprint density at radius 3 is 2.62 bits per heavy atom. The van der Waals surface area contributed by atoms with Crippen molar-refractivity contribution in [3.8, 4) is 0 Å². The molecule has 1 fully saturated rings. The molecule has 1 aromatic carbocycles. The van der Waals surface area contributed by atoms with Crippen molar-refractivity contribution in [2.24, 2.45) is 0 Å². The van der Waals surface area contributed by atoms with E-state index in [-0.39, 0.29) is 0 Å². The van der Waals surface area contributed by atoms with Crippen molar-refractivity contribution in [2.75, 3.05) is 39.3 Å². The van der Waals surface area contributed by atoms with Crippen molar-refractivity contribution < 1.29 is 4.79 Å². The van der Waals surface area contributed by atoms with Crippen LogP contribution in [0.5, 0.6) is 0 Å². The molecular formula is C20H31N3O. The lowest BCUT2D eigenvalue weighted by Gasteiger charge is -2.28. The van der Waals surface area contributed by atoms with E-state index in [1.54, 1.807) is 0 Å². The minimum absolute atomic E-state index is 0.318. The summed E-state index contributed by atoms with van der Waals surface area (Å²) in [6, 6.07) is 9.54. The molecule has 0 atom stereocenters. The third kappa shape index (κ3) is 4.37. The van der Waals surface area contributed by atoms with Crippen LogP contribution in [0.4, 0.5) is 0 Å². The van der Waals surface area contributed by atoms with Crippen LogP contribution in [0.25, 0.3) is 0 Å². The molecule has 132 valence electrons. The van der Waals surface area contributed by atoms with E-state index < -0.39 is 0 Å². The maximum Gasteiger partial charge on any atom is 0.223 e. The second kappa shape index (κ2) is 8.63. The topological polar surface area (TPSA) is 35.6 Å². The Bertz CT molecular complexity index is 520. The fraction of sp³-hybridized carbons (Fsp3) is 0.650. The zero-order valence-electron chi connectivity index (χ0n) is 15.0. The van der Waals surface area contributed by atoms with Gasteiger partial charge in [0.15, 0.2) is 0 Å². The molecule has 1 aromatic rings. The van der Waals surface area contributed by atoms with Crippen LogP contribution in [0, 0.1) is 0 Å². The Balaban J connectivity index is 1.41. The molecular weight excluding hydrogens is 298 g/mol. The van der Waals surface area contributed by atoms with E-state index in [2.05, 4.69) is 41.4 Å². The first-order valence-corrected chi connectivity index (χ1v) is 9.57. The summed E-state index contributed by atoms with van der Waals surface area (Å²) in [5.41, 5.74) is 3.06. The zero-order chi connectivity index (χ0) is 16.8. The van der Waals surface area contributed by atoms with Gasteiger partial charge in [-0.05, 0) is 49.9 Å². The molecule has 1 N–H and O–H groups in total. The number of hydrogen-bond acceptors (Lipinski definition) is 3. The Morgan fingerprint density at radius 1 is 1.17 bits per heavy atom. The summed E-state index contributed by atoms with van der Waals surface area (Å²) in [6.07, 6.45) is 5.34. The van der Waals surface area contributed by atoms with Crippen LogP contribution in [0.15, 0.2) is 24.3 Å². The number of nitrogens with one attached hydrogen (secondary N) is 1. The van der Waals surface area contributed by atoms with Gasteiger partial charge in [0.25, 0.3) is 0 Å². The molecule has 4 heteroatoms. The molecule has 0 saturated carbocycles. The monoisotopic (exact) mass is 329 g/mol. The Hall–Kier alpha value is -1.39. The lowest BCUT2D eigenvalue weighted by molar-refractivity contribution is -0.130. The minimum Gasteiger partial charge on any atom is -0.341 e. The summed E-state index contributed by atoms with van der Waals surface area (Å²) < 4.78 is 0. The van der Waals surface area contributed by atoms with E-state index in [9.17, 15) is 4.79 Å². The van der Waals surface area contributed by atoms with Gasteiger partial charge in [-0.25, -0.2) is 0 Å². The maximum atomic E-state index is 12.0. The van der Waals surface area contributed by atoms with Crippen LogP contribution >= 0.6 is 0 Å². The molecule has 1 aliphatic carbocycles. The number of hydrogen-bond donors (Lipinski definition) is 1. The average Bonchev–Trinajstić information content (AvgIpc) is 2.92. The first-order chi connectivity index (χ1) is 11.8. The van der Waals surface area contributed by atoms with E-state index >= 15 is 0 Å². The second-order valence-electron chi connectivity index (χ2n) is 7.05. The van der Waals surface area contributed by atoms with E-state index in [0.717, 1.165) is 45.7 Å². The van der Waals surface area contributed by atoms with Crippen molar-refractivity contribution in [1.29, 1.82) is 0 Å². The summed E-state index contributed by atoms with van der Waals surface area (Å²) in [7, 11) is 0. The van der Waals surface area contributed by atoms with Gasteiger partial charge >= 0.3 is 0 Å². The normalized spacial score (nSPS) is 18.9. The van der Waals surface area contributed by atoms with Gasteiger partial charge in [0.05, 0.1) is 0 Å². The molecule has 0 spiro atoms. The highest BCUT2D eigenvalue weighted by Crippen LogP contribution is 2.25. The van der Waals surface area contributed by atoms with Crippen LogP contribution in [0.2, 0.25) is 0 Å². The van der Waals surface area contributed by atoms with Gasteiger partial charge < -0.3 is 10.2 Å². The highest BCUT2D eigenvalue weighted by atomic mass is 16.2. The Morgan fingerprint density at radius 2 is 1.92 bits per heavy atom. The molecule has 1 saturated heterocycles. The van der Waals surface area contributed by atoms with Crippen LogP contribution in [0.3, 0.4) is 0 Å². The number of carbonyl (C=O) groups excluding carboxylic acids is 1. The number of rotatable bonds is 7. The van der Waals surface area contributed by atoms with Gasteiger partial charge in [-0.3, -0.25) is 9.69 Å². The van der Waals surface area contributed by atoms with Gasteiger partial charge in [0.2, 0.25) is 5.91 Å². The molecule has 1 aliphatic heterocycles. The van der Waals surface area contributed by atoms with Gasteiger partial charge in [-0.2, -0.15) is 0 Å². The predicted octanol–water partition coefficient (Wildman–Crippen LogP) is 2.08. The van der Waals surface area contributed by atoms with Crippen LogP contribution in [-0.2, 0) is 17.6 Å². The predicted molar refractivity (Wildman–Crippen MR) is 98.2 cm³/mol. The molecule has 0 bridgehead atoms. The molecule has 24 heavy (non-hydrogen) atoms. The fourth-order valence-corrected chi connectivity index (χ4v) is 4.06. The molecule has 4 nitrogen and oxygen atoms in total. The molecule has 1 heterocycles. The van der Waals surface area contributed by atoms with Gasteiger partial charge in [0.1, 0.15) is 0 Å². The van der Waals surface area contributed by atoms with Crippen molar-refractivity contribution in [1.82, 2.24) is 15.1 Å². The first-order valence-electron chi connectivity index (χ1n) is 9.57. The van der Waals surface area contributed by atoms with Crippen LogP contribution in [-0.4, -0.2) is 61.0 Å². The van der Waals surface area contributed by atoms with Crippen molar-refractivity contribution in [3.05, 3.63) is 35.4 Å². The number of nitrogens with zero attached hydrogens (tertiary/aromatic N) is 2. The maximum absolute atomic E-state index is 12.0. The number of amides is 1. The summed E-state index contributed by atoms with van der Waals surface area (Å²) >= 11 is 0. The Kier molecular flexibility index (Phi) is 6.27. The minimum atomic E-state index is 0.318. The van der Waals surface area contributed by atoms with Gasteiger partial charge in [-0.15, -0.1) is 0 Å². The van der Waals surface area contributed by atoms with Crippen LogP contribution < -0.4 is 5.32 Å². The first kappa shape index (κ1) is 17.4. The Labute approximate surface area is 146 Å². The number of carbonyl (C=O) groups is 1. The van der Waals surface area contributed by atoms with Crippen molar-refractivity contribution in [2.45, 2.75) is 45.1 Å². The van der Waals surface area contributed by atoms with Gasteiger partial charge in [0, 0.05) is 38.6 Å². The molecule has 1 amide bonds. The average molecular weight is 329 g/mol. The van der Waals surface area contributed by atoms with Crippen molar-refractivity contribution >= 4 is 5.91 Å². The molecule has 3 rings (SSSR count). The molecule has 0 aromatic heterocycles. The SMILES string of the molecule is CCN(CCCCN1CCNCCC1=O)C1Cc2ccccc2C1. The second-order valence-corrected chi connectivity index (χ2v) is 7.05. The molecule has 2 aliphatic rings. The molecule has 0 unspecified atom stereocenters. The number of likely N-dealkylation sites (N-methyl/N-ethyl adjacent to an activating group) is 1.